The highest BCUT2D eigenvalue weighted by molar-refractivity contribution is 5.79. The Bertz CT molecular complexity index is 261. The third-order valence-corrected chi connectivity index (χ3v) is 3.72. The van der Waals surface area contributed by atoms with Gasteiger partial charge < -0.3 is 5.11 Å². The van der Waals surface area contributed by atoms with Crippen LogP contribution in [-0.4, -0.2) is 16.9 Å². The van der Waals surface area contributed by atoms with E-state index in [0.29, 0.717) is 25.2 Å². The third-order valence-electron chi connectivity index (χ3n) is 3.72. The highest BCUT2D eigenvalue weighted by Gasteiger charge is 2.09. The number of carbonyl (C=O) groups is 2. The molecule has 0 aliphatic carbocycles. The van der Waals surface area contributed by atoms with Crippen LogP contribution in [0.1, 0.15) is 90.9 Å². The van der Waals surface area contributed by atoms with E-state index in [1.807, 2.05) is 0 Å². The van der Waals surface area contributed by atoms with Crippen molar-refractivity contribution in [3.8, 4) is 0 Å². The van der Waals surface area contributed by atoms with Crippen molar-refractivity contribution in [2.75, 3.05) is 0 Å². The molecule has 0 saturated heterocycles. The molecule has 0 fully saturated rings. The third kappa shape index (κ3) is 13.6. The number of hydrogen-bond acceptors (Lipinski definition) is 2. The van der Waals surface area contributed by atoms with Gasteiger partial charge >= 0.3 is 5.97 Å². The molecule has 20 heavy (non-hydrogen) atoms. The second-order valence-corrected chi connectivity index (χ2v) is 6.01. The predicted molar refractivity (Wildman–Crippen MR) is 82.9 cm³/mol. The van der Waals surface area contributed by atoms with Crippen LogP contribution >= 0.6 is 0 Å². The molecule has 3 nitrogen and oxygen atoms in total. The van der Waals surface area contributed by atoms with Gasteiger partial charge in [-0.1, -0.05) is 65.2 Å². The lowest BCUT2D eigenvalue weighted by atomic mass is 9.95. The van der Waals surface area contributed by atoms with Crippen molar-refractivity contribution in [3.05, 3.63) is 0 Å². The summed E-state index contributed by atoms with van der Waals surface area (Å²) < 4.78 is 0. The molecule has 0 aliphatic heterocycles. The van der Waals surface area contributed by atoms with Crippen molar-refractivity contribution in [2.24, 2.45) is 5.92 Å². The summed E-state index contributed by atoms with van der Waals surface area (Å²) in [5.41, 5.74) is 0. The Morgan fingerprint density at radius 1 is 0.900 bits per heavy atom. The standard InChI is InChI=1S/C17H32O3/c1-3-4-5-6-7-8-9-11-15(2)14-16(18)12-10-13-17(19)20/h15H,3-14H2,1-2H3,(H,19,20). The van der Waals surface area contributed by atoms with Gasteiger partial charge in [0.1, 0.15) is 5.78 Å². The van der Waals surface area contributed by atoms with Crippen molar-refractivity contribution in [2.45, 2.75) is 90.9 Å². The molecule has 3 heteroatoms. The first-order chi connectivity index (χ1) is 9.56. The first kappa shape index (κ1) is 19.1. The highest BCUT2D eigenvalue weighted by Crippen LogP contribution is 2.16. The second-order valence-electron chi connectivity index (χ2n) is 6.01. The zero-order valence-electron chi connectivity index (χ0n) is 13.3. The van der Waals surface area contributed by atoms with Crippen LogP contribution in [0.3, 0.4) is 0 Å². The van der Waals surface area contributed by atoms with Gasteiger partial charge in [-0.25, -0.2) is 0 Å². The molecule has 0 aromatic carbocycles. The summed E-state index contributed by atoms with van der Waals surface area (Å²) >= 11 is 0. The average Bonchev–Trinajstić information content (AvgIpc) is 2.37. The second kappa shape index (κ2) is 13.1. The van der Waals surface area contributed by atoms with E-state index in [1.165, 1.54) is 44.9 Å². The summed E-state index contributed by atoms with van der Waals surface area (Å²) in [7, 11) is 0. The molecular formula is C17H32O3. The molecule has 0 rings (SSSR count). The number of aliphatic carboxylic acids is 1. The molecule has 1 atom stereocenters. The lowest BCUT2D eigenvalue weighted by Gasteiger charge is -2.10. The van der Waals surface area contributed by atoms with Crippen LogP contribution in [0.5, 0.6) is 0 Å². The number of ketones is 1. The molecule has 0 saturated carbocycles. The molecule has 0 aliphatic rings. The Labute approximate surface area is 124 Å². The van der Waals surface area contributed by atoms with Gasteiger partial charge in [0, 0.05) is 19.3 Å². The number of carboxylic acid groups (broad SMARTS) is 1. The van der Waals surface area contributed by atoms with E-state index < -0.39 is 5.97 Å². The summed E-state index contributed by atoms with van der Waals surface area (Å²) in [5.74, 6) is -0.140. The van der Waals surface area contributed by atoms with Crippen molar-refractivity contribution < 1.29 is 14.7 Å². The molecule has 0 heterocycles. The predicted octanol–water partition coefficient (Wildman–Crippen LogP) is 4.98. The lowest BCUT2D eigenvalue weighted by Crippen LogP contribution is -2.06. The van der Waals surface area contributed by atoms with Gasteiger partial charge in [0.15, 0.2) is 0 Å². The number of carboxylic acids is 1. The number of carbonyl (C=O) groups excluding carboxylic acids is 1. The molecule has 0 amide bonds. The van der Waals surface area contributed by atoms with Gasteiger partial charge in [-0.05, 0) is 12.3 Å². The summed E-state index contributed by atoms with van der Waals surface area (Å²) in [5, 5.41) is 8.52. The van der Waals surface area contributed by atoms with Gasteiger partial charge in [0.05, 0.1) is 0 Å². The molecule has 0 aromatic heterocycles. The van der Waals surface area contributed by atoms with Crippen molar-refractivity contribution >= 4 is 11.8 Å². The van der Waals surface area contributed by atoms with Crippen LogP contribution in [0.4, 0.5) is 0 Å². The van der Waals surface area contributed by atoms with Crippen molar-refractivity contribution in [1.82, 2.24) is 0 Å². The van der Waals surface area contributed by atoms with E-state index in [2.05, 4.69) is 13.8 Å². The van der Waals surface area contributed by atoms with E-state index in [1.54, 1.807) is 0 Å². The van der Waals surface area contributed by atoms with Crippen LogP contribution in [0.15, 0.2) is 0 Å². The molecular weight excluding hydrogens is 252 g/mol. The number of Topliss-reactive ketones (excluding diaryl/α,β-unsaturated/α-hetero) is 1. The largest absolute Gasteiger partial charge is 0.481 e. The molecule has 1 N–H and O–H groups in total. The normalized spacial score (nSPS) is 12.3. The maximum Gasteiger partial charge on any atom is 0.303 e. The maximum absolute atomic E-state index is 11.6. The Morgan fingerprint density at radius 3 is 2.10 bits per heavy atom. The summed E-state index contributed by atoms with van der Waals surface area (Å²) in [6, 6.07) is 0. The minimum Gasteiger partial charge on any atom is -0.481 e. The van der Waals surface area contributed by atoms with E-state index in [4.69, 9.17) is 5.11 Å². The van der Waals surface area contributed by atoms with Gasteiger partial charge in [0.2, 0.25) is 0 Å². The molecule has 0 bridgehead atoms. The number of unbranched alkanes of at least 4 members (excludes halogenated alkanes) is 6. The Kier molecular flexibility index (Phi) is 12.6. The molecule has 0 spiro atoms. The molecule has 1 unspecified atom stereocenters. The topological polar surface area (TPSA) is 54.4 Å². The molecule has 118 valence electrons. The van der Waals surface area contributed by atoms with E-state index in [-0.39, 0.29) is 12.2 Å². The van der Waals surface area contributed by atoms with Crippen LogP contribution < -0.4 is 0 Å². The van der Waals surface area contributed by atoms with Crippen molar-refractivity contribution in [3.63, 3.8) is 0 Å². The minimum atomic E-state index is -0.811. The Balaban J connectivity index is 3.41. The van der Waals surface area contributed by atoms with Gasteiger partial charge in [0.25, 0.3) is 0 Å². The van der Waals surface area contributed by atoms with Crippen LogP contribution in [0.2, 0.25) is 0 Å². The van der Waals surface area contributed by atoms with Crippen LogP contribution in [-0.2, 0) is 9.59 Å². The maximum atomic E-state index is 11.6. The minimum absolute atomic E-state index is 0.109. The summed E-state index contributed by atoms with van der Waals surface area (Å²) in [6.45, 7) is 4.36. The Hall–Kier alpha value is -0.860. The SMILES string of the molecule is CCCCCCCCCC(C)CC(=O)CCCC(=O)O. The average molecular weight is 284 g/mol. The summed E-state index contributed by atoms with van der Waals surface area (Å²) in [6.07, 6.45) is 11.9. The highest BCUT2D eigenvalue weighted by atomic mass is 16.4. The monoisotopic (exact) mass is 284 g/mol. The fraction of sp³-hybridized carbons (Fsp3) is 0.882. The summed E-state index contributed by atoms with van der Waals surface area (Å²) in [4.78, 5) is 22.0. The first-order valence-corrected chi connectivity index (χ1v) is 8.29. The first-order valence-electron chi connectivity index (χ1n) is 8.29. The zero-order valence-corrected chi connectivity index (χ0v) is 13.3. The van der Waals surface area contributed by atoms with E-state index >= 15 is 0 Å². The van der Waals surface area contributed by atoms with E-state index in [0.717, 1.165) is 6.42 Å². The van der Waals surface area contributed by atoms with Gasteiger partial charge in [-0.2, -0.15) is 0 Å². The Morgan fingerprint density at radius 2 is 1.50 bits per heavy atom. The van der Waals surface area contributed by atoms with Gasteiger partial charge in [-0.3, -0.25) is 9.59 Å². The lowest BCUT2D eigenvalue weighted by molar-refractivity contribution is -0.137. The fourth-order valence-corrected chi connectivity index (χ4v) is 2.48. The van der Waals surface area contributed by atoms with E-state index in [9.17, 15) is 9.59 Å². The molecule has 0 radical (unpaired) electrons. The molecule has 0 aromatic rings. The quantitative estimate of drug-likeness (QED) is 0.458. The number of rotatable bonds is 14. The smallest absolute Gasteiger partial charge is 0.303 e. The fourth-order valence-electron chi connectivity index (χ4n) is 2.48. The zero-order chi connectivity index (χ0) is 15.2. The van der Waals surface area contributed by atoms with Crippen LogP contribution in [0.25, 0.3) is 0 Å². The number of hydrogen-bond donors (Lipinski definition) is 1. The van der Waals surface area contributed by atoms with Crippen LogP contribution in [0, 0.1) is 5.92 Å². The van der Waals surface area contributed by atoms with Gasteiger partial charge in [-0.15, -0.1) is 0 Å². The van der Waals surface area contributed by atoms with Crippen molar-refractivity contribution in [1.29, 1.82) is 0 Å².